The molecular weight excluding hydrogens is 180 g/mol. The highest BCUT2D eigenvalue weighted by Gasteiger charge is 2.31. The second kappa shape index (κ2) is 3.68. The van der Waals surface area contributed by atoms with Crippen molar-refractivity contribution in [3.63, 3.8) is 0 Å². The van der Waals surface area contributed by atoms with Crippen molar-refractivity contribution in [2.24, 2.45) is 5.90 Å². The molecule has 0 aliphatic rings. The number of nitrogens with two attached hydrogens (primary N) is 1. The molecule has 0 saturated carbocycles. The van der Waals surface area contributed by atoms with Gasteiger partial charge in [0.2, 0.25) is 0 Å². The minimum absolute atomic E-state index is 0.214. The molecule has 0 radical (unpaired) electrons. The van der Waals surface area contributed by atoms with Crippen LogP contribution in [0.5, 0.6) is 5.75 Å². The first-order chi connectivity index (χ1) is 6.06. The van der Waals surface area contributed by atoms with Crippen molar-refractivity contribution >= 4 is 0 Å². The lowest BCUT2D eigenvalue weighted by Crippen LogP contribution is -2.23. The van der Waals surface area contributed by atoms with Gasteiger partial charge in [0, 0.05) is 5.56 Å². The van der Waals surface area contributed by atoms with Crippen LogP contribution in [0.4, 0.5) is 8.78 Å². The van der Waals surface area contributed by atoms with Crippen molar-refractivity contribution in [1.29, 1.82) is 0 Å². The molecule has 0 aromatic heterocycles. The summed E-state index contributed by atoms with van der Waals surface area (Å²) >= 11 is 0. The molecule has 72 valence electrons. The molecule has 13 heavy (non-hydrogen) atoms. The fourth-order valence-corrected chi connectivity index (χ4v) is 0.921. The number of rotatable bonds is 3. The van der Waals surface area contributed by atoms with Gasteiger partial charge in [-0.25, -0.2) is 5.90 Å². The first kappa shape index (κ1) is 9.88. The van der Waals surface area contributed by atoms with Crippen LogP contribution in [0.1, 0.15) is 5.56 Å². The van der Waals surface area contributed by atoms with E-state index in [1.54, 1.807) is 0 Å². The SMILES string of the molecule is NOCC(F)(F)c1cccc(O)c1. The van der Waals surface area contributed by atoms with Crippen molar-refractivity contribution in [3.05, 3.63) is 29.8 Å². The monoisotopic (exact) mass is 189 g/mol. The summed E-state index contributed by atoms with van der Waals surface area (Å²) in [7, 11) is 0. The highest BCUT2D eigenvalue weighted by atomic mass is 19.3. The average molecular weight is 189 g/mol. The van der Waals surface area contributed by atoms with Gasteiger partial charge in [-0.2, -0.15) is 8.78 Å². The number of benzene rings is 1. The van der Waals surface area contributed by atoms with E-state index in [1.165, 1.54) is 18.2 Å². The molecule has 0 aliphatic heterocycles. The second-order valence-corrected chi connectivity index (χ2v) is 2.57. The lowest BCUT2D eigenvalue weighted by atomic mass is 10.1. The second-order valence-electron chi connectivity index (χ2n) is 2.57. The summed E-state index contributed by atoms with van der Waals surface area (Å²) in [5.41, 5.74) is -0.321. The van der Waals surface area contributed by atoms with Crippen molar-refractivity contribution in [1.82, 2.24) is 0 Å². The molecule has 0 spiro atoms. The number of aromatic hydroxyl groups is 1. The maximum atomic E-state index is 13.0. The van der Waals surface area contributed by atoms with Gasteiger partial charge in [-0.15, -0.1) is 0 Å². The van der Waals surface area contributed by atoms with Crippen molar-refractivity contribution in [3.8, 4) is 5.75 Å². The molecule has 1 rings (SSSR count). The summed E-state index contributed by atoms with van der Waals surface area (Å²) in [5.74, 6) is 1.16. The standard InChI is InChI=1S/C8H9F2NO2/c9-8(10,5-13-11)6-2-1-3-7(12)4-6/h1-4,12H,5,11H2. The topological polar surface area (TPSA) is 55.5 Å². The normalized spacial score (nSPS) is 11.6. The van der Waals surface area contributed by atoms with Gasteiger partial charge in [0.1, 0.15) is 12.4 Å². The van der Waals surface area contributed by atoms with E-state index in [9.17, 15) is 8.78 Å². The number of halogens is 2. The summed E-state index contributed by atoms with van der Waals surface area (Å²) in [6.45, 7) is -0.906. The van der Waals surface area contributed by atoms with Crippen molar-refractivity contribution in [2.75, 3.05) is 6.61 Å². The van der Waals surface area contributed by atoms with E-state index in [4.69, 9.17) is 5.11 Å². The number of hydrogen-bond acceptors (Lipinski definition) is 3. The predicted molar refractivity (Wildman–Crippen MR) is 42.1 cm³/mol. The van der Waals surface area contributed by atoms with Gasteiger partial charge in [-0.05, 0) is 12.1 Å². The van der Waals surface area contributed by atoms with Crippen LogP contribution >= 0.6 is 0 Å². The number of phenols is 1. The van der Waals surface area contributed by atoms with Crippen molar-refractivity contribution in [2.45, 2.75) is 5.92 Å². The Kier molecular flexibility index (Phi) is 2.79. The lowest BCUT2D eigenvalue weighted by molar-refractivity contribution is -0.0838. The van der Waals surface area contributed by atoms with Crippen LogP contribution in [0.2, 0.25) is 0 Å². The third kappa shape index (κ3) is 2.37. The van der Waals surface area contributed by atoms with E-state index < -0.39 is 12.5 Å². The molecule has 0 atom stereocenters. The molecular formula is C8H9F2NO2. The quantitative estimate of drug-likeness (QED) is 0.706. The van der Waals surface area contributed by atoms with Gasteiger partial charge in [0.05, 0.1) is 0 Å². The minimum atomic E-state index is -3.17. The van der Waals surface area contributed by atoms with Crippen LogP contribution in [-0.2, 0) is 10.8 Å². The molecule has 0 amide bonds. The first-order valence-electron chi connectivity index (χ1n) is 3.55. The zero-order valence-corrected chi connectivity index (χ0v) is 6.71. The summed E-state index contributed by atoms with van der Waals surface area (Å²) < 4.78 is 26.0. The number of phenolic OH excluding ortho intramolecular Hbond substituents is 1. The number of alkyl halides is 2. The van der Waals surface area contributed by atoms with E-state index in [0.717, 1.165) is 6.07 Å². The summed E-state index contributed by atoms with van der Waals surface area (Å²) in [5, 5.41) is 8.94. The number of hydrogen-bond donors (Lipinski definition) is 2. The predicted octanol–water partition coefficient (Wildman–Crippen LogP) is 1.37. The minimum Gasteiger partial charge on any atom is -0.508 e. The van der Waals surface area contributed by atoms with Gasteiger partial charge in [0.25, 0.3) is 5.92 Å². The Morgan fingerprint density at radius 3 is 2.69 bits per heavy atom. The molecule has 0 aliphatic carbocycles. The molecule has 0 unspecified atom stereocenters. The average Bonchev–Trinajstić information content (AvgIpc) is 2.04. The van der Waals surface area contributed by atoms with Crippen LogP contribution in [-0.4, -0.2) is 11.7 Å². The molecule has 1 aromatic rings. The Morgan fingerprint density at radius 1 is 1.46 bits per heavy atom. The zero-order chi connectivity index (χ0) is 9.90. The molecule has 5 heteroatoms. The molecule has 3 nitrogen and oxygen atoms in total. The van der Waals surface area contributed by atoms with Crippen LogP contribution in [0.15, 0.2) is 24.3 Å². The highest BCUT2D eigenvalue weighted by Crippen LogP contribution is 2.29. The lowest BCUT2D eigenvalue weighted by Gasteiger charge is -2.14. The first-order valence-corrected chi connectivity index (χ1v) is 3.55. The van der Waals surface area contributed by atoms with E-state index in [1.807, 2.05) is 0 Å². The van der Waals surface area contributed by atoms with Gasteiger partial charge in [-0.1, -0.05) is 12.1 Å². The zero-order valence-electron chi connectivity index (χ0n) is 6.71. The molecule has 0 bridgehead atoms. The molecule has 0 heterocycles. The molecule has 0 saturated heterocycles. The van der Waals surface area contributed by atoms with E-state index in [-0.39, 0.29) is 11.3 Å². The van der Waals surface area contributed by atoms with Crippen LogP contribution in [0.3, 0.4) is 0 Å². The smallest absolute Gasteiger partial charge is 0.298 e. The Bertz CT molecular complexity index is 291. The third-order valence-corrected chi connectivity index (χ3v) is 1.53. The van der Waals surface area contributed by atoms with Gasteiger partial charge in [-0.3, -0.25) is 4.84 Å². The fourth-order valence-electron chi connectivity index (χ4n) is 0.921. The Hall–Kier alpha value is -1.20. The summed E-state index contributed by atoms with van der Waals surface area (Å²) in [6.07, 6.45) is 0. The summed E-state index contributed by atoms with van der Waals surface area (Å²) in [4.78, 5) is 3.87. The molecule has 3 N–H and O–H groups in total. The van der Waals surface area contributed by atoms with Crippen LogP contribution in [0, 0.1) is 0 Å². The summed E-state index contributed by atoms with van der Waals surface area (Å²) in [6, 6.07) is 4.80. The fraction of sp³-hybridized carbons (Fsp3) is 0.250. The Labute approximate surface area is 73.7 Å². The van der Waals surface area contributed by atoms with E-state index >= 15 is 0 Å². The van der Waals surface area contributed by atoms with Gasteiger partial charge in [0.15, 0.2) is 0 Å². The van der Waals surface area contributed by atoms with E-state index in [2.05, 4.69) is 10.7 Å². The van der Waals surface area contributed by atoms with Gasteiger partial charge >= 0.3 is 0 Å². The molecule has 0 fully saturated rings. The van der Waals surface area contributed by atoms with Crippen LogP contribution < -0.4 is 5.90 Å². The Balaban J connectivity index is 2.93. The third-order valence-electron chi connectivity index (χ3n) is 1.53. The highest BCUT2D eigenvalue weighted by molar-refractivity contribution is 5.30. The molecule has 1 aromatic carbocycles. The maximum Gasteiger partial charge on any atom is 0.298 e. The van der Waals surface area contributed by atoms with Crippen LogP contribution in [0.25, 0.3) is 0 Å². The maximum absolute atomic E-state index is 13.0. The van der Waals surface area contributed by atoms with Crippen molar-refractivity contribution < 1.29 is 18.7 Å². The van der Waals surface area contributed by atoms with Gasteiger partial charge < -0.3 is 5.11 Å². The Morgan fingerprint density at radius 2 is 2.15 bits per heavy atom. The van der Waals surface area contributed by atoms with E-state index in [0.29, 0.717) is 0 Å². The largest absolute Gasteiger partial charge is 0.508 e.